The normalized spacial score (nSPS) is 30.8. The van der Waals surface area contributed by atoms with Gasteiger partial charge in [0.1, 0.15) is 4.21 Å². The minimum absolute atomic E-state index is 0.0255. The minimum atomic E-state index is -3.56. The van der Waals surface area contributed by atoms with Crippen molar-refractivity contribution in [1.29, 1.82) is 0 Å². The van der Waals surface area contributed by atoms with Crippen LogP contribution in [-0.4, -0.2) is 57.6 Å². The van der Waals surface area contributed by atoms with Gasteiger partial charge in [0.2, 0.25) is 0 Å². The van der Waals surface area contributed by atoms with Gasteiger partial charge in [-0.05, 0) is 37.4 Å². The predicted octanol–water partition coefficient (Wildman–Crippen LogP) is 0.783. The van der Waals surface area contributed by atoms with Gasteiger partial charge in [-0.2, -0.15) is 0 Å². The van der Waals surface area contributed by atoms with E-state index in [4.69, 9.17) is 0 Å². The van der Waals surface area contributed by atoms with E-state index in [9.17, 15) is 16.8 Å². The van der Waals surface area contributed by atoms with Gasteiger partial charge >= 0.3 is 0 Å². The maximum atomic E-state index is 12.7. The molecule has 0 spiro atoms. The Morgan fingerprint density at radius 2 is 1.90 bits per heavy atom. The van der Waals surface area contributed by atoms with Crippen LogP contribution in [0.25, 0.3) is 0 Å². The molecular formula is C12H17NO4S3. The second-order valence-corrected chi connectivity index (χ2v) is 10.9. The van der Waals surface area contributed by atoms with E-state index in [0.29, 0.717) is 0 Å². The highest BCUT2D eigenvalue weighted by Gasteiger charge is 2.48. The molecule has 0 saturated carbocycles. The molecule has 2 saturated heterocycles. The first-order valence-electron chi connectivity index (χ1n) is 6.62. The van der Waals surface area contributed by atoms with Gasteiger partial charge in [0.05, 0.1) is 16.8 Å². The van der Waals surface area contributed by atoms with Crippen LogP contribution < -0.4 is 0 Å². The molecule has 0 bridgehead atoms. The zero-order valence-electron chi connectivity index (χ0n) is 10.9. The molecule has 2 unspecified atom stereocenters. The standard InChI is InChI=1S/C12H17NO4S3/c14-19(15)8-10(13-5-1-2-6-13)11(9-19)20(16,17)12-4-3-7-18-12/h3-4,7,10-11H,1-2,5-6,8-9H2. The fourth-order valence-corrected chi connectivity index (χ4v) is 9.14. The Morgan fingerprint density at radius 1 is 1.20 bits per heavy atom. The molecule has 0 radical (unpaired) electrons. The monoisotopic (exact) mass is 335 g/mol. The number of rotatable bonds is 3. The number of nitrogens with zero attached hydrogens (tertiary/aromatic N) is 1. The van der Waals surface area contributed by atoms with Crippen LogP contribution in [0.1, 0.15) is 12.8 Å². The summed E-state index contributed by atoms with van der Waals surface area (Å²) in [6.07, 6.45) is 2.03. The molecule has 3 heterocycles. The molecule has 0 amide bonds. The Morgan fingerprint density at radius 3 is 2.50 bits per heavy atom. The summed E-state index contributed by atoms with van der Waals surface area (Å²) < 4.78 is 49.5. The van der Waals surface area contributed by atoms with E-state index in [0.717, 1.165) is 37.3 Å². The highest BCUT2D eigenvalue weighted by atomic mass is 32.2. The van der Waals surface area contributed by atoms with Crippen molar-refractivity contribution in [2.45, 2.75) is 28.3 Å². The van der Waals surface area contributed by atoms with Crippen LogP contribution in [0.5, 0.6) is 0 Å². The summed E-state index contributed by atoms with van der Waals surface area (Å²) in [4.78, 5) is 2.04. The van der Waals surface area contributed by atoms with Crippen LogP contribution >= 0.6 is 11.3 Å². The highest BCUT2D eigenvalue weighted by molar-refractivity contribution is 7.97. The van der Waals surface area contributed by atoms with E-state index in [-0.39, 0.29) is 21.8 Å². The zero-order valence-corrected chi connectivity index (χ0v) is 13.4. The van der Waals surface area contributed by atoms with Crippen LogP contribution in [0, 0.1) is 0 Å². The summed E-state index contributed by atoms with van der Waals surface area (Å²) >= 11 is 1.16. The van der Waals surface area contributed by atoms with E-state index in [2.05, 4.69) is 0 Å². The molecule has 3 rings (SSSR count). The van der Waals surface area contributed by atoms with E-state index >= 15 is 0 Å². The molecule has 2 fully saturated rings. The van der Waals surface area contributed by atoms with Crippen molar-refractivity contribution in [3.63, 3.8) is 0 Å². The molecule has 20 heavy (non-hydrogen) atoms. The fraction of sp³-hybridized carbons (Fsp3) is 0.667. The lowest BCUT2D eigenvalue weighted by Crippen LogP contribution is -2.44. The predicted molar refractivity (Wildman–Crippen MR) is 78.5 cm³/mol. The molecule has 5 nitrogen and oxygen atoms in total. The first-order valence-corrected chi connectivity index (χ1v) is 10.9. The number of hydrogen-bond donors (Lipinski definition) is 0. The van der Waals surface area contributed by atoms with Crippen LogP contribution in [0.2, 0.25) is 0 Å². The largest absolute Gasteiger partial charge is 0.298 e. The average Bonchev–Trinajstić information content (AvgIpc) is 3.08. The number of likely N-dealkylation sites (tertiary alicyclic amines) is 1. The third-order valence-electron chi connectivity index (χ3n) is 4.06. The van der Waals surface area contributed by atoms with Gasteiger partial charge in [0.25, 0.3) is 0 Å². The van der Waals surface area contributed by atoms with Gasteiger partial charge < -0.3 is 0 Å². The van der Waals surface area contributed by atoms with Crippen LogP contribution in [-0.2, 0) is 19.7 Å². The Bertz CT molecular complexity index is 672. The number of hydrogen-bond acceptors (Lipinski definition) is 6. The van der Waals surface area contributed by atoms with Crippen molar-refractivity contribution in [2.75, 3.05) is 24.6 Å². The number of thiophene rings is 1. The quantitative estimate of drug-likeness (QED) is 0.816. The second kappa shape index (κ2) is 5.08. The van der Waals surface area contributed by atoms with Gasteiger partial charge in [-0.25, -0.2) is 16.8 Å². The Labute approximate surface area is 123 Å². The Hall–Kier alpha value is -0.440. The zero-order chi connectivity index (χ0) is 14.4. The first kappa shape index (κ1) is 14.5. The highest BCUT2D eigenvalue weighted by Crippen LogP contribution is 2.32. The molecule has 0 aromatic carbocycles. The van der Waals surface area contributed by atoms with Crippen LogP contribution in [0.3, 0.4) is 0 Å². The maximum absolute atomic E-state index is 12.7. The number of sulfone groups is 2. The third kappa shape index (κ3) is 2.54. The van der Waals surface area contributed by atoms with Crippen molar-refractivity contribution in [3.8, 4) is 0 Å². The summed E-state index contributed by atoms with van der Waals surface area (Å²) in [5.74, 6) is -0.267. The molecule has 2 atom stereocenters. The van der Waals surface area contributed by atoms with Crippen molar-refractivity contribution in [1.82, 2.24) is 4.90 Å². The van der Waals surface area contributed by atoms with E-state index in [1.807, 2.05) is 4.90 Å². The van der Waals surface area contributed by atoms with E-state index < -0.39 is 24.9 Å². The maximum Gasteiger partial charge on any atom is 0.193 e. The molecule has 0 aliphatic carbocycles. The molecule has 1 aromatic rings. The topological polar surface area (TPSA) is 71.5 Å². The molecule has 2 aliphatic rings. The van der Waals surface area contributed by atoms with Gasteiger partial charge in [-0.1, -0.05) is 6.07 Å². The smallest absolute Gasteiger partial charge is 0.193 e. The molecule has 2 aliphatic heterocycles. The van der Waals surface area contributed by atoms with Crippen LogP contribution in [0.15, 0.2) is 21.7 Å². The summed E-state index contributed by atoms with van der Waals surface area (Å²) in [5, 5.41) is 0.894. The van der Waals surface area contributed by atoms with E-state index in [1.165, 1.54) is 0 Å². The lowest BCUT2D eigenvalue weighted by atomic mass is 10.2. The molecular weight excluding hydrogens is 318 g/mol. The lowest BCUT2D eigenvalue weighted by Gasteiger charge is -2.27. The SMILES string of the molecule is O=S1(=O)CC(N2CCCC2)C(S(=O)(=O)c2cccs2)C1. The minimum Gasteiger partial charge on any atom is -0.298 e. The van der Waals surface area contributed by atoms with Crippen molar-refractivity contribution >= 4 is 31.0 Å². The van der Waals surface area contributed by atoms with Gasteiger partial charge in [-0.15, -0.1) is 11.3 Å². The Kier molecular flexibility index (Phi) is 3.68. The van der Waals surface area contributed by atoms with Crippen LogP contribution in [0.4, 0.5) is 0 Å². The summed E-state index contributed by atoms with van der Waals surface area (Å²) in [6.45, 7) is 1.60. The second-order valence-electron chi connectivity index (χ2n) is 5.40. The summed E-state index contributed by atoms with van der Waals surface area (Å²) in [6, 6.07) is 2.87. The Balaban J connectivity index is 1.97. The fourth-order valence-electron chi connectivity index (χ4n) is 3.08. The van der Waals surface area contributed by atoms with Crippen molar-refractivity contribution < 1.29 is 16.8 Å². The van der Waals surface area contributed by atoms with Gasteiger partial charge in [0, 0.05) is 6.04 Å². The summed E-state index contributed by atoms with van der Waals surface area (Å²) in [7, 11) is -6.83. The lowest BCUT2D eigenvalue weighted by molar-refractivity contribution is 0.264. The molecule has 8 heteroatoms. The third-order valence-corrected chi connectivity index (χ3v) is 9.61. The van der Waals surface area contributed by atoms with Gasteiger partial charge in [-0.3, -0.25) is 4.90 Å². The summed E-state index contributed by atoms with van der Waals surface area (Å²) in [5.41, 5.74) is 0. The first-order chi connectivity index (χ1) is 9.40. The van der Waals surface area contributed by atoms with Gasteiger partial charge in [0.15, 0.2) is 19.7 Å². The molecule has 112 valence electrons. The van der Waals surface area contributed by atoms with Crippen molar-refractivity contribution in [2.24, 2.45) is 0 Å². The molecule has 0 N–H and O–H groups in total. The van der Waals surface area contributed by atoms with E-state index in [1.54, 1.807) is 17.5 Å². The van der Waals surface area contributed by atoms with Crippen molar-refractivity contribution in [3.05, 3.63) is 17.5 Å². The molecule has 1 aromatic heterocycles. The average molecular weight is 335 g/mol.